The van der Waals surface area contributed by atoms with Crippen molar-refractivity contribution in [3.05, 3.63) is 47.6 Å². The van der Waals surface area contributed by atoms with Gasteiger partial charge in [0.1, 0.15) is 18.2 Å². The minimum atomic E-state index is -2.42. The van der Waals surface area contributed by atoms with Crippen molar-refractivity contribution in [2.24, 2.45) is 35.5 Å². The summed E-state index contributed by atoms with van der Waals surface area (Å²) in [6.07, 6.45) is 14.4. The van der Waals surface area contributed by atoms with Crippen LogP contribution in [0.15, 0.2) is 47.6 Å². The Balaban J connectivity index is 1.79. The highest BCUT2D eigenvalue weighted by Gasteiger charge is 2.53. The Morgan fingerprint density at radius 1 is 0.722 bits per heavy atom. The molecule has 0 unspecified atom stereocenters. The number of carbonyl (C=O) groups excluding carboxylic acids is 4. The summed E-state index contributed by atoms with van der Waals surface area (Å²) in [6.45, 7) is 27.0. The number of rotatable bonds is 18. The van der Waals surface area contributed by atoms with E-state index in [1.54, 1.807) is 28.3 Å². The van der Waals surface area contributed by atoms with Crippen molar-refractivity contribution in [3.8, 4) is 0 Å². The van der Waals surface area contributed by atoms with E-state index >= 15 is 0 Å². The van der Waals surface area contributed by atoms with Crippen molar-refractivity contribution >= 4 is 40.1 Å². The zero-order valence-corrected chi connectivity index (χ0v) is 53.9. The summed E-state index contributed by atoms with van der Waals surface area (Å²) in [4.78, 5) is 60.0. The van der Waals surface area contributed by atoms with Crippen LogP contribution in [0.5, 0.6) is 0 Å². The molecule has 0 radical (unpaired) electrons. The second-order valence-electron chi connectivity index (χ2n) is 24.5. The Kier molecular flexibility index (Phi) is 28.3. The van der Waals surface area contributed by atoms with Gasteiger partial charge in [-0.3, -0.25) is 14.4 Å². The molecule has 0 aromatic heterocycles. The lowest BCUT2D eigenvalue weighted by Gasteiger charge is -2.43. The van der Waals surface area contributed by atoms with Gasteiger partial charge in [-0.25, -0.2) is 4.79 Å². The number of cyclic esters (lactones) is 1. The van der Waals surface area contributed by atoms with Crippen LogP contribution in [0.1, 0.15) is 167 Å². The highest BCUT2D eigenvalue weighted by molar-refractivity contribution is 6.74. The first kappa shape index (κ1) is 68.9. The van der Waals surface area contributed by atoms with Crippen molar-refractivity contribution in [2.75, 3.05) is 27.9 Å². The fraction of sp³-hybridized carbons (Fsp3) is 0.810. The molecule has 1 amide bonds. The van der Waals surface area contributed by atoms with Crippen LogP contribution in [-0.4, -0.2) is 144 Å². The lowest BCUT2D eigenvalue weighted by atomic mass is 9.78. The molecule has 2 bridgehead atoms. The number of fused-ring (bicyclic) bond motifs is 3. The molecule has 3 heterocycles. The van der Waals surface area contributed by atoms with Crippen LogP contribution < -0.4 is 0 Å². The third-order valence-electron chi connectivity index (χ3n) is 19.3. The summed E-state index contributed by atoms with van der Waals surface area (Å²) >= 11 is 0. The maximum absolute atomic E-state index is 14.9. The standard InChI is InChI=1S/C63H109NO13Si2/c1-17-78(18-2,19-3)76-53-34-32-49(39-56(53)72-15)38-44(9)52(65)41-55-45(10)37-47(12)58(77-79(20-4,21-5)22-6)59(73-16)57(66)46(11)36-42(7)28-24-23-25-29-43(8)54(71-14)40-50-33-31-48(13)63(70,75-50)60(67)61(68)64-35-27-26-30-51(64)62(69)74-55/h23-25,28-29,37,42,44-46,48-56,58-59,65,70H,17-22,26-27,30-36,38-41H2,1-16H3/b25-23-,28-24-,43-29-,47-37-/t42-,44-,45-,46-,48-,49+,50+,51+,52+,53-,54+,55-,56-,58-,59+,63-/m1/s1. The molecule has 16 heteroatoms. The number of carbonyl (C=O) groups is 4. The number of esters is 1. The first-order chi connectivity index (χ1) is 37.5. The first-order valence-electron chi connectivity index (χ1n) is 30.8. The number of ketones is 2. The van der Waals surface area contributed by atoms with Crippen LogP contribution in [0.2, 0.25) is 36.3 Å². The third-order valence-corrected chi connectivity index (χ3v) is 28.5. The molecule has 0 aromatic rings. The van der Waals surface area contributed by atoms with E-state index in [0.717, 1.165) is 73.1 Å². The quantitative estimate of drug-likeness (QED) is 0.0574. The summed E-state index contributed by atoms with van der Waals surface area (Å²) in [6, 6.07) is 4.65. The van der Waals surface area contributed by atoms with Gasteiger partial charge in [0.25, 0.3) is 11.7 Å². The van der Waals surface area contributed by atoms with Crippen LogP contribution in [0.25, 0.3) is 0 Å². The molecule has 4 rings (SSSR count). The van der Waals surface area contributed by atoms with Crippen LogP contribution in [-0.2, 0) is 51.7 Å². The maximum atomic E-state index is 14.9. The number of methoxy groups -OCH3 is 3. The van der Waals surface area contributed by atoms with Crippen molar-refractivity contribution in [1.29, 1.82) is 0 Å². The number of ether oxygens (including phenoxy) is 5. The lowest BCUT2D eigenvalue weighted by Crippen LogP contribution is -2.61. The van der Waals surface area contributed by atoms with E-state index in [4.69, 9.17) is 32.5 Å². The van der Waals surface area contributed by atoms with E-state index in [9.17, 15) is 29.4 Å². The van der Waals surface area contributed by atoms with Gasteiger partial charge in [0.15, 0.2) is 22.4 Å². The van der Waals surface area contributed by atoms with E-state index in [1.807, 2.05) is 58.1 Å². The number of amides is 1. The molecule has 16 atom stereocenters. The molecule has 1 saturated carbocycles. The van der Waals surface area contributed by atoms with E-state index in [-0.39, 0.29) is 55.1 Å². The number of nitrogens with zero attached hydrogens (tertiary/aromatic N) is 1. The number of allylic oxidation sites excluding steroid dienone is 5. The number of aliphatic hydroxyl groups is 2. The zero-order chi connectivity index (χ0) is 58.8. The van der Waals surface area contributed by atoms with Crippen LogP contribution in [0.4, 0.5) is 0 Å². The number of aliphatic hydroxyl groups excluding tert-OH is 1. The molecule has 452 valence electrons. The molecular weight excluding hydrogens is 1030 g/mol. The predicted octanol–water partition coefficient (Wildman–Crippen LogP) is 12.0. The Morgan fingerprint density at radius 2 is 1.37 bits per heavy atom. The normalized spacial score (nSPS) is 35.9. The minimum absolute atomic E-state index is 0.0349. The number of piperidine rings is 1. The molecular formula is C63H109NO13Si2. The molecule has 79 heavy (non-hydrogen) atoms. The highest BCUT2D eigenvalue weighted by atomic mass is 28.4. The SMILES string of the molecule is CC[Si](CC)(CC)O[C@@H]1/C(C)=C\[C@@H](C)[C@@H](C[C@H](O)[C@H](C)C[C@@H]2CC[C@@H](O[Si](CC)(CC)CC)[C@H](OC)C2)OC(=O)[C@@H]2CCCCN2C(=O)C(=O)[C@]2(O)O[C@@H](CC[C@H]2C)C[C@H](OC)\C(C)=C/C=C\C=C/[C@@H](C)C[C@@H](C)C(=O)[C@@H]1OC. The predicted molar refractivity (Wildman–Crippen MR) is 318 cm³/mol. The van der Waals surface area contributed by atoms with Gasteiger partial charge < -0.3 is 47.6 Å². The second kappa shape index (κ2) is 32.4. The molecule has 3 aliphatic heterocycles. The molecule has 1 aliphatic carbocycles. The van der Waals surface area contributed by atoms with Crippen molar-refractivity contribution < 1.29 is 61.9 Å². The number of Topliss-reactive ketones (excluding diaryl/α,β-unsaturated/α-hetero) is 2. The number of hydrogen-bond donors (Lipinski definition) is 2. The zero-order valence-electron chi connectivity index (χ0n) is 51.9. The smallest absolute Gasteiger partial charge is 0.329 e. The van der Waals surface area contributed by atoms with Gasteiger partial charge in [-0.1, -0.05) is 113 Å². The van der Waals surface area contributed by atoms with Gasteiger partial charge in [-0.2, -0.15) is 0 Å². The van der Waals surface area contributed by atoms with Gasteiger partial charge in [0.05, 0.1) is 36.6 Å². The van der Waals surface area contributed by atoms with Gasteiger partial charge in [-0.05, 0) is 143 Å². The highest BCUT2D eigenvalue weighted by Crippen LogP contribution is 2.40. The van der Waals surface area contributed by atoms with Crippen LogP contribution in [0, 0.1) is 35.5 Å². The number of hydrogen-bond acceptors (Lipinski definition) is 13. The molecule has 2 N–H and O–H groups in total. The summed E-state index contributed by atoms with van der Waals surface area (Å²) < 4.78 is 45.3. The molecule has 14 nitrogen and oxygen atoms in total. The van der Waals surface area contributed by atoms with E-state index in [2.05, 4.69) is 61.5 Å². The van der Waals surface area contributed by atoms with Gasteiger partial charge in [-0.15, -0.1) is 0 Å². The van der Waals surface area contributed by atoms with Crippen LogP contribution >= 0.6 is 0 Å². The molecule has 3 fully saturated rings. The second-order valence-corrected chi connectivity index (χ2v) is 33.9. The van der Waals surface area contributed by atoms with Gasteiger partial charge >= 0.3 is 5.97 Å². The summed E-state index contributed by atoms with van der Waals surface area (Å²) in [5.41, 5.74) is 1.68. The van der Waals surface area contributed by atoms with Crippen molar-refractivity contribution in [3.63, 3.8) is 0 Å². The molecule has 2 saturated heterocycles. The topological polar surface area (TPSA) is 177 Å². The Labute approximate surface area is 479 Å². The Hall–Kier alpha value is -2.65. The maximum Gasteiger partial charge on any atom is 0.329 e. The molecule has 0 spiro atoms. The van der Waals surface area contributed by atoms with E-state index < -0.39 is 94.6 Å². The monoisotopic (exact) mass is 1140 g/mol. The lowest BCUT2D eigenvalue weighted by molar-refractivity contribution is -0.265. The van der Waals surface area contributed by atoms with E-state index in [0.29, 0.717) is 44.4 Å². The Morgan fingerprint density at radius 3 is 1.97 bits per heavy atom. The molecule has 0 aromatic carbocycles. The summed E-state index contributed by atoms with van der Waals surface area (Å²) in [5, 5.41) is 24.5. The first-order valence-corrected chi connectivity index (χ1v) is 35.9. The summed E-state index contributed by atoms with van der Waals surface area (Å²) in [7, 11) is 0.712. The third kappa shape index (κ3) is 18.2. The fourth-order valence-corrected chi connectivity index (χ4v) is 18.9. The molecule has 4 aliphatic rings. The van der Waals surface area contributed by atoms with E-state index in [1.165, 1.54) is 4.90 Å². The van der Waals surface area contributed by atoms with Crippen molar-refractivity contribution in [2.45, 2.75) is 264 Å². The van der Waals surface area contributed by atoms with Gasteiger partial charge in [0.2, 0.25) is 5.79 Å². The van der Waals surface area contributed by atoms with Crippen molar-refractivity contribution in [1.82, 2.24) is 4.90 Å². The largest absolute Gasteiger partial charge is 0.460 e. The average molecular weight is 1140 g/mol. The van der Waals surface area contributed by atoms with Crippen LogP contribution in [0.3, 0.4) is 0 Å². The van der Waals surface area contributed by atoms with Gasteiger partial charge in [0, 0.05) is 58.5 Å². The summed E-state index contributed by atoms with van der Waals surface area (Å²) in [5.74, 6) is -6.62. The fourth-order valence-electron chi connectivity index (χ4n) is 13.1. The minimum Gasteiger partial charge on any atom is -0.460 e. The Bertz CT molecular complexity index is 2040. The average Bonchev–Trinajstić information content (AvgIpc) is 3.47.